The molecule has 2 rings (SSSR count). The van der Waals surface area contributed by atoms with Gasteiger partial charge in [0.15, 0.2) is 0 Å². The zero-order chi connectivity index (χ0) is 20.6. The molecule has 3 amide bonds. The quantitative estimate of drug-likeness (QED) is 0.654. The van der Waals surface area contributed by atoms with E-state index in [1.54, 1.807) is 0 Å². The molecule has 28 heavy (non-hydrogen) atoms. The third-order valence-electron chi connectivity index (χ3n) is 4.79. The van der Waals surface area contributed by atoms with E-state index in [-0.39, 0.29) is 23.3 Å². The molecule has 0 radical (unpaired) electrons. The molecule has 3 N–H and O–H groups in total. The largest absolute Gasteiger partial charge is 0.353 e. The number of carbonyl (C=O) groups excluding carboxylic acids is 2. The molecule has 0 aromatic heterocycles. The van der Waals surface area contributed by atoms with E-state index in [0.29, 0.717) is 13.1 Å². The number of amides is 3. The van der Waals surface area contributed by atoms with Crippen molar-refractivity contribution in [3.63, 3.8) is 0 Å². The fourth-order valence-corrected chi connectivity index (χ4v) is 2.91. The Morgan fingerprint density at radius 3 is 2.04 bits per heavy atom. The van der Waals surface area contributed by atoms with Crippen LogP contribution in [0.2, 0.25) is 0 Å². The number of urea groups is 1. The highest BCUT2D eigenvalue weighted by molar-refractivity contribution is 5.87. The molecule has 150 valence electrons. The topological polar surface area (TPSA) is 70.2 Å². The molecule has 0 aliphatic heterocycles. The Morgan fingerprint density at radius 2 is 1.46 bits per heavy atom. The van der Waals surface area contributed by atoms with Gasteiger partial charge in [0.2, 0.25) is 5.91 Å². The summed E-state index contributed by atoms with van der Waals surface area (Å²) in [5.74, 6) is -0.198. The second-order valence-corrected chi connectivity index (χ2v) is 8.00. The fraction of sp³-hybridized carbons (Fsp3) is 0.391. The van der Waals surface area contributed by atoms with Crippen LogP contribution in [0.3, 0.4) is 0 Å². The van der Waals surface area contributed by atoms with Crippen molar-refractivity contribution in [2.24, 2.45) is 5.92 Å². The lowest BCUT2D eigenvalue weighted by molar-refractivity contribution is -0.124. The van der Waals surface area contributed by atoms with Crippen molar-refractivity contribution >= 4 is 11.9 Å². The Morgan fingerprint density at radius 1 is 0.893 bits per heavy atom. The average molecular weight is 382 g/mol. The minimum Gasteiger partial charge on any atom is -0.353 e. The standard InChI is InChI=1S/C23H31N3O2/c1-17(2)20(26-22(28)24-15-18-11-7-5-8-12-18)21(27)25-16-23(3,4)19-13-9-6-10-14-19/h5-14,17,20H,15-16H2,1-4H3,(H,25,27)(H2,24,26,28). The van der Waals surface area contributed by atoms with Crippen molar-refractivity contribution in [1.82, 2.24) is 16.0 Å². The summed E-state index contributed by atoms with van der Waals surface area (Å²) in [6.07, 6.45) is 0. The van der Waals surface area contributed by atoms with Gasteiger partial charge in [0.05, 0.1) is 0 Å². The number of rotatable bonds is 8. The minimum absolute atomic E-state index is 0.0256. The summed E-state index contributed by atoms with van der Waals surface area (Å²) < 4.78 is 0. The molecule has 0 fully saturated rings. The Bertz CT molecular complexity index is 758. The molecule has 0 bridgehead atoms. The van der Waals surface area contributed by atoms with E-state index >= 15 is 0 Å². The van der Waals surface area contributed by atoms with E-state index in [2.05, 4.69) is 41.9 Å². The number of hydrogen-bond acceptors (Lipinski definition) is 2. The molecular weight excluding hydrogens is 350 g/mol. The van der Waals surface area contributed by atoms with Crippen LogP contribution in [-0.2, 0) is 16.8 Å². The Kier molecular flexibility index (Phi) is 7.61. The number of benzene rings is 2. The summed E-state index contributed by atoms with van der Waals surface area (Å²) in [4.78, 5) is 25.0. The van der Waals surface area contributed by atoms with Crippen LogP contribution >= 0.6 is 0 Å². The first-order valence-corrected chi connectivity index (χ1v) is 9.71. The maximum atomic E-state index is 12.7. The van der Waals surface area contributed by atoms with Crippen molar-refractivity contribution in [1.29, 1.82) is 0 Å². The van der Waals surface area contributed by atoms with Crippen molar-refractivity contribution in [2.75, 3.05) is 6.54 Å². The van der Waals surface area contributed by atoms with Crippen molar-refractivity contribution in [3.05, 3.63) is 71.8 Å². The van der Waals surface area contributed by atoms with Gasteiger partial charge in [-0.15, -0.1) is 0 Å². The molecule has 0 aliphatic rings. The minimum atomic E-state index is -0.595. The molecule has 1 atom stereocenters. The highest BCUT2D eigenvalue weighted by Crippen LogP contribution is 2.21. The zero-order valence-corrected chi connectivity index (χ0v) is 17.2. The van der Waals surface area contributed by atoms with Crippen molar-refractivity contribution < 1.29 is 9.59 Å². The van der Waals surface area contributed by atoms with E-state index in [1.807, 2.05) is 62.4 Å². The molecule has 0 spiro atoms. The number of hydrogen-bond donors (Lipinski definition) is 3. The molecule has 5 nitrogen and oxygen atoms in total. The van der Waals surface area contributed by atoms with Gasteiger partial charge in [-0.05, 0) is 17.0 Å². The second kappa shape index (κ2) is 9.93. The van der Waals surface area contributed by atoms with Crippen molar-refractivity contribution in [2.45, 2.75) is 45.7 Å². The van der Waals surface area contributed by atoms with E-state index in [0.717, 1.165) is 11.1 Å². The van der Waals surface area contributed by atoms with Crippen LogP contribution < -0.4 is 16.0 Å². The van der Waals surface area contributed by atoms with Crippen molar-refractivity contribution in [3.8, 4) is 0 Å². The number of nitrogens with one attached hydrogen (secondary N) is 3. The first-order chi connectivity index (χ1) is 13.3. The highest BCUT2D eigenvalue weighted by atomic mass is 16.2. The summed E-state index contributed by atoms with van der Waals surface area (Å²) >= 11 is 0. The molecule has 2 aromatic carbocycles. The van der Waals surface area contributed by atoms with Crippen LogP contribution in [0.4, 0.5) is 4.79 Å². The molecule has 2 aromatic rings. The predicted octanol–water partition coefficient (Wildman–Crippen LogP) is 3.60. The maximum Gasteiger partial charge on any atom is 0.315 e. The third-order valence-corrected chi connectivity index (χ3v) is 4.79. The molecule has 0 saturated heterocycles. The third kappa shape index (κ3) is 6.41. The number of carbonyl (C=O) groups is 2. The van der Waals surface area contributed by atoms with E-state index in [4.69, 9.17) is 0 Å². The zero-order valence-electron chi connectivity index (χ0n) is 17.2. The van der Waals surface area contributed by atoms with Gasteiger partial charge < -0.3 is 16.0 Å². The SMILES string of the molecule is CC(C)C(NC(=O)NCc1ccccc1)C(=O)NCC(C)(C)c1ccccc1. The van der Waals surface area contributed by atoms with Crippen LogP contribution in [0.1, 0.15) is 38.8 Å². The fourth-order valence-electron chi connectivity index (χ4n) is 2.91. The Hall–Kier alpha value is -2.82. The monoisotopic (exact) mass is 381 g/mol. The summed E-state index contributed by atoms with van der Waals surface area (Å²) in [5, 5.41) is 8.61. The van der Waals surface area contributed by atoms with Crippen LogP contribution in [0.5, 0.6) is 0 Å². The van der Waals surface area contributed by atoms with Gasteiger partial charge in [-0.1, -0.05) is 88.4 Å². The molecule has 1 unspecified atom stereocenters. The van der Waals surface area contributed by atoms with Gasteiger partial charge in [-0.2, -0.15) is 0 Å². The van der Waals surface area contributed by atoms with E-state index in [9.17, 15) is 9.59 Å². The molecule has 5 heteroatoms. The summed E-state index contributed by atoms with van der Waals surface area (Å²) in [6.45, 7) is 8.93. The van der Waals surface area contributed by atoms with Crippen LogP contribution in [0, 0.1) is 5.92 Å². The van der Waals surface area contributed by atoms with Crippen LogP contribution in [0.25, 0.3) is 0 Å². The maximum absolute atomic E-state index is 12.7. The van der Waals surface area contributed by atoms with E-state index in [1.165, 1.54) is 0 Å². The first kappa shape index (κ1) is 21.5. The lowest BCUT2D eigenvalue weighted by atomic mass is 9.84. The van der Waals surface area contributed by atoms with Crippen LogP contribution in [0.15, 0.2) is 60.7 Å². The van der Waals surface area contributed by atoms with Gasteiger partial charge in [-0.25, -0.2) is 4.79 Å². The highest BCUT2D eigenvalue weighted by Gasteiger charge is 2.27. The molecular formula is C23H31N3O2. The molecule has 0 heterocycles. The van der Waals surface area contributed by atoms with Crippen LogP contribution in [-0.4, -0.2) is 24.5 Å². The lowest BCUT2D eigenvalue weighted by Gasteiger charge is -2.28. The predicted molar refractivity (Wildman–Crippen MR) is 113 cm³/mol. The molecule has 0 aliphatic carbocycles. The van der Waals surface area contributed by atoms with E-state index < -0.39 is 6.04 Å². The van der Waals surface area contributed by atoms with Gasteiger partial charge in [0.1, 0.15) is 6.04 Å². The average Bonchev–Trinajstić information content (AvgIpc) is 2.70. The summed E-state index contributed by atoms with van der Waals surface area (Å²) in [5.41, 5.74) is 1.96. The first-order valence-electron chi connectivity index (χ1n) is 9.71. The lowest BCUT2D eigenvalue weighted by Crippen LogP contribution is -2.53. The normalized spacial score (nSPS) is 12.3. The summed E-state index contributed by atoms with van der Waals surface area (Å²) in [6, 6.07) is 18.8. The Balaban J connectivity index is 1.89. The van der Waals surface area contributed by atoms with Gasteiger partial charge in [0.25, 0.3) is 0 Å². The second-order valence-electron chi connectivity index (χ2n) is 8.00. The molecule has 0 saturated carbocycles. The Labute approximate surface area is 167 Å². The van der Waals surface area contributed by atoms with Gasteiger partial charge >= 0.3 is 6.03 Å². The summed E-state index contributed by atoms with van der Waals surface area (Å²) in [7, 11) is 0. The smallest absolute Gasteiger partial charge is 0.315 e. The van der Waals surface area contributed by atoms with Gasteiger partial charge in [-0.3, -0.25) is 4.79 Å². The van der Waals surface area contributed by atoms with Gasteiger partial charge in [0, 0.05) is 18.5 Å².